The van der Waals surface area contributed by atoms with E-state index in [0.29, 0.717) is 36.9 Å². The van der Waals surface area contributed by atoms with E-state index in [9.17, 15) is 4.79 Å². The summed E-state index contributed by atoms with van der Waals surface area (Å²) in [5, 5.41) is 3.26. The number of rotatable bonds is 4. The Bertz CT molecular complexity index is 470. The minimum atomic E-state index is -0.424. The zero-order valence-electron chi connectivity index (χ0n) is 11.2. The summed E-state index contributed by atoms with van der Waals surface area (Å²) in [7, 11) is 0. The number of nitrogens with zero attached hydrogens (tertiary/aromatic N) is 1. The number of nitrogens with one attached hydrogen (secondary N) is 1. The lowest BCUT2D eigenvalue weighted by atomic mass is 10.0. The molecule has 1 saturated heterocycles. The first-order valence-corrected chi connectivity index (χ1v) is 6.32. The predicted molar refractivity (Wildman–Crippen MR) is 72.1 cm³/mol. The molecule has 2 heterocycles. The number of carbonyl (C=O) groups excluding carboxylic acids is 1. The molecule has 1 aliphatic rings. The Hall–Kier alpha value is -1.82. The number of ether oxygens (including phenoxy) is 2. The molecule has 6 nitrogen and oxygen atoms in total. The van der Waals surface area contributed by atoms with Crippen molar-refractivity contribution in [2.24, 2.45) is 0 Å². The van der Waals surface area contributed by atoms with E-state index in [1.807, 2.05) is 6.92 Å². The first kappa shape index (κ1) is 13.6. The minimum Gasteiger partial charge on any atom is -0.462 e. The second kappa shape index (κ2) is 5.44. The summed E-state index contributed by atoms with van der Waals surface area (Å²) in [5.41, 5.74) is 6.25. The fourth-order valence-electron chi connectivity index (χ4n) is 2.00. The van der Waals surface area contributed by atoms with Crippen LogP contribution in [-0.4, -0.2) is 36.3 Å². The van der Waals surface area contributed by atoms with Gasteiger partial charge in [0, 0.05) is 6.61 Å². The Kier molecular flexibility index (Phi) is 3.90. The van der Waals surface area contributed by atoms with Gasteiger partial charge in [0.1, 0.15) is 11.4 Å². The van der Waals surface area contributed by atoms with Gasteiger partial charge in [-0.2, -0.15) is 0 Å². The molecule has 0 aromatic carbocycles. The highest BCUT2D eigenvalue weighted by Crippen LogP contribution is 2.26. The number of pyridine rings is 1. The van der Waals surface area contributed by atoms with Gasteiger partial charge in [0.15, 0.2) is 0 Å². The molecule has 104 valence electrons. The molecule has 1 aliphatic heterocycles. The summed E-state index contributed by atoms with van der Waals surface area (Å²) in [5.74, 6) is 0.0629. The van der Waals surface area contributed by atoms with Crippen LogP contribution in [0.15, 0.2) is 12.3 Å². The summed E-state index contributed by atoms with van der Waals surface area (Å²) in [6, 6.07) is 1.58. The number of nitrogen functional groups attached to an aromatic ring is 1. The molecule has 1 fully saturated rings. The molecule has 6 heteroatoms. The van der Waals surface area contributed by atoms with E-state index in [4.69, 9.17) is 15.2 Å². The Morgan fingerprint density at radius 1 is 1.68 bits per heavy atom. The molecule has 1 aromatic heterocycles. The molecule has 0 aliphatic carbocycles. The maximum atomic E-state index is 11.9. The van der Waals surface area contributed by atoms with E-state index in [-0.39, 0.29) is 5.54 Å². The first-order chi connectivity index (χ1) is 9.04. The molecule has 19 heavy (non-hydrogen) atoms. The van der Waals surface area contributed by atoms with Gasteiger partial charge in [-0.3, -0.25) is 0 Å². The van der Waals surface area contributed by atoms with E-state index < -0.39 is 5.97 Å². The second-order valence-corrected chi connectivity index (χ2v) is 4.87. The van der Waals surface area contributed by atoms with Crippen molar-refractivity contribution in [2.75, 3.05) is 30.9 Å². The summed E-state index contributed by atoms with van der Waals surface area (Å²) < 4.78 is 10.4. The van der Waals surface area contributed by atoms with Gasteiger partial charge in [0.05, 0.1) is 30.6 Å². The SMILES string of the molecule is CCOC(=O)c1cc(N)cnc1NC1(C)CCOC1. The molecule has 1 unspecified atom stereocenters. The number of esters is 1. The Morgan fingerprint density at radius 2 is 2.47 bits per heavy atom. The summed E-state index contributed by atoms with van der Waals surface area (Å²) in [6.45, 7) is 5.39. The van der Waals surface area contributed by atoms with E-state index in [1.165, 1.54) is 6.20 Å². The van der Waals surface area contributed by atoms with Crippen molar-refractivity contribution >= 4 is 17.5 Å². The van der Waals surface area contributed by atoms with Crippen LogP contribution in [0.5, 0.6) is 0 Å². The number of carbonyl (C=O) groups is 1. The highest BCUT2D eigenvalue weighted by atomic mass is 16.5. The number of hydrogen-bond donors (Lipinski definition) is 2. The average Bonchev–Trinajstić information content (AvgIpc) is 2.78. The summed E-state index contributed by atoms with van der Waals surface area (Å²) >= 11 is 0. The standard InChI is InChI=1S/C13H19N3O3/c1-3-19-12(17)10-6-9(14)7-15-11(10)16-13(2)4-5-18-8-13/h6-7H,3-5,8,14H2,1-2H3,(H,15,16). The minimum absolute atomic E-state index is 0.218. The van der Waals surface area contributed by atoms with Gasteiger partial charge in [0.25, 0.3) is 0 Å². The lowest BCUT2D eigenvalue weighted by molar-refractivity contribution is 0.0527. The van der Waals surface area contributed by atoms with Gasteiger partial charge in [-0.05, 0) is 26.3 Å². The molecular formula is C13H19N3O3. The van der Waals surface area contributed by atoms with E-state index in [0.717, 1.165) is 6.42 Å². The molecular weight excluding hydrogens is 246 g/mol. The number of hydrogen-bond acceptors (Lipinski definition) is 6. The molecule has 0 saturated carbocycles. The third kappa shape index (κ3) is 3.14. The third-order valence-corrected chi connectivity index (χ3v) is 3.04. The van der Waals surface area contributed by atoms with E-state index in [2.05, 4.69) is 10.3 Å². The normalized spacial score (nSPS) is 22.2. The van der Waals surface area contributed by atoms with Gasteiger partial charge in [-0.1, -0.05) is 0 Å². The van der Waals surface area contributed by atoms with Crippen LogP contribution >= 0.6 is 0 Å². The van der Waals surface area contributed by atoms with Gasteiger partial charge in [-0.25, -0.2) is 9.78 Å². The molecule has 0 spiro atoms. The number of aromatic nitrogens is 1. The quantitative estimate of drug-likeness (QED) is 0.801. The van der Waals surface area contributed by atoms with Crippen LogP contribution in [0.2, 0.25) is 0 Å². The molecule has 0 amide bonds. The van der Waals surface area contributed by atoms with Gasteiger partial charge in [0.2, 0.25) is 0 Å². The van der Waals surface area contributed by atoms with Crippen LogP contribution in [0.25, 0.3) is 0 Å². The Balaban J connectivity index is 2.26. The monoisotopic (exact) mass is 265 g/mol. The number of nitrogens with two attached hydrogens (primary N) is 1. The largest absolute Gasteiger partial charge is 0.462 e. The van der Waals surface area contributed by atoms with Crippen molar-refractivity contribution in [3.05, 3.63) is 17.8 Å². The van der Waals surface area contributed by atoms with E-state index in [1.54, 1.807) is 13.0 Å². The third-order valence-electron chi connectivity index (χ3n) is 3.04. The molecule has 2 rings (SSSR count). The maximum Gasteiger partial charge on any atom is 0.341 e. The lowest BCUT2D eigenvalue weighted by Crippen LogP contribution is -2.36. The van der Waals surface area contributed by atoms with Gasteiger partial charge < -0.3 is 20.5 Å². The summed E-state index contributed by atoms with van der Waals surface area (Å²) in [6.07, 6.45) is 2.38. The molecule has 1 atom stereocenters. The van der Waals surface area contributed by atoms with Gasteiger partial charge in [-0.15, -0.1) is 0 Å². The van der Waals surface area contributed by atoms with Crippen molar-refractivity contribution in [1.82, 2.24) is 4.98 Å². The topological polar surface area (TPSA) is 86.5 Å². The molecule has 0 bridgehead atoms. The average molecular weight is 265 g/mol. The Labute approximate surface area is 112 Å². The van der Waals surface area contributed by atoms with Crippen molar-refractivity contribution in [3.63, 3.8) is 0 Å². The fraction of sp³-hybridized carbons (Fsp3) is 0.538. The number of anilines is 2. The molecule has 3 N–H and O–H groups in total. The van der Waals surface area contributed by atoms with Crippen molar-refractivity contribution in [1.29, 1.82) is 0 Å². The molecule has 0 radical (unpaired) electrons. The van der Waals surface area contributed by atoms with E-state index >= 15 is 0 Å². The van der Waals surface area contributed by atoms with Crippen LogP contribution in [-0.2, 0) is 9.47 Å². The van der Waals surface area contributed by atoms with Gasteiger partial charge >= 0.3 is 5.97 Å². The van der Waals surface area contributed by atoms with Crippen molar-refractivity contribution in [2.45, 2.75) is 25.8 Å². The first-order valence-electron chi connectivity index (χ1n) is 6.32. The second-order valence-electron chi connectivity index (χ2n) is 4.87. The highest BCUT2D eigenvalue weighted by Gasteiger charge is 2.31. The maximum absolute atomic E-state index is 11.9. The zero-order chi connectivity index (χ0) is 13.9. The van der Waals surface area contributed by atoms with Crippen LogP contribution in [0.4, 0.5) is 11.5 Å². The van der Waals surface area contributed by atoms with Crippen molar-refractivity contribution < 1.29 is 14.3 Å². The van der Waals surface area contributed by atoms with Crippen LogP contribution in [0, 0.1) is 0 Å². The Morgan fingerprint density at radius 3 is 3.11 bits per heavy atom. The highest BCUT2D eigenvalue weighted by molar-refractivity contribution is 5.95. The zero-order valence-corrected chi connectivity index (χ0v) is 11.2. The lowest BCUT2D eigenvalue weighted by Gasteiger charge is -2.25. The van der Waals surface area contributed by atoms with Crippen LogP contribution in [0.1, 0.15) is 30.6 Å². The predicted octanol–water partition coefficient (Wildman–Crippen LogP) is 1.43. The van der Waals surface area contributed by atoms with Crippen LogP contribution < -0.4 is 11.1 Å². The summed E-state index contributed by atoms with van der Waals surface area (Å²) in [4.78, 5) is 16.1. The molecule has 1 aromatic rings. The van der Waals surface area contributed by atoms with Crippen LogP contribution in [0.3, 0.4) is 0 Å². The fourth-order valence-corrected chi connectivity index (χ4v) is 2.00. The smallest absolute Gasteiger partial charge is 0.341 e. The van der Waals surface area contributed by atoms with Crippen molar-refractivity contribution in [3.8, 4) is 0 Å².